The molecule has 3 rings (SSSR count). The van der Waals surface area contributed by atoms with Crippen molar-refractivity contribution in [1.82, 2.24) is 9.88 Å². The number of aryl methyl sites for hydroxylation is 1. The molecule has 1 unspecified atom stereocenters. The highest BCUT2D eigenvalue weighted by atomic mass is 35.5. The number of primary amides is 1. The lowest BCUT2D eigenvalue weighted by Crippen LogP contribution is -2.42. The summed E-state index contributed by atoms with van der Waals surface area (Å²) >= 11 is 6.45. The number of hydrogen-bond acceptors (Lipinski definition) is 3. The summed E-state index contributed by atoms with van der Waals surface area (Å²) in [4.78, 5) is 28.9. The average Bonchev–Trinajstić information content (AvgIpc) is 2.88. The molecule has 0 aliphatic carbocycles. The second kappa shape index (κ2) is 7.28. The van der Waals surface area contributed by atoms with Crippen LogP contribution in [0.2, 0.25) is 5.02 Å². The predicted molar refractivity (Wildman–Crippen MR) is 106 cm³/mol. The Hall–Kier alpha value is -2.28. The summed E-state index contributed by atoms with van der Waals surface area (Å²) in [6.45, 7) is 8.04. The van der Waals surface area contributed by atoms with Crippen molar-refractivity contribution in [3.05, 3.63) is 33.7 Å². The fourth-order valence-corrected chi connectivity index (χ4v) is 4.00. The molecule has 1 saturated heterocycles. The number of ether oxygens (including phenoxy) is 1. The molecule has 1 aliphatic heterocycles. The molecule has 6 nitrogen and oxygen atoms in total. The third kappa shape index (κ3) is 3.81. The van der Waals surface area contributed by atoms with Crippen molar-refractivity contribution < 1.29 is 18.7 Å². The van der Waals surface area contributed by atoms with Gasteiger partial charge in [0.05, 0.1) is 16.1 Å². The van der Waals surface area contributed by atoms with Gasteiger partial charge in [-0.3, -0.25) is 4.79 Å². The number of carbonyl (C=O) groups is 2. The Morgan fingerprint density at radius 2 is 2.07 bits per heavy atom. The van der Waals surface area contributed by atoms with Gasteiger partial charge in [0.2, 0.25) is 0 Å². The Morgan fingerprint density at radius 3 is 2.68 bits per heavy atom. The lowest BCUT2D eigenvalue weighted by Gasteiger charge is -2.34. The Kier molecular flexibility index (Phi) is 5.32. The number of nitrogens with one attached hydrogen (secondary N) is 1. The number of aromatic amines is 1. The number of benzene rings is 1. The number of fused-ring (bicyclic) bond motifs is 1. The van der Waals surface area contributed by atoms with Crippen molar-refractivity contribution in [3.8, 4) is 0 Å². The van der Waals surface area contributed by atoms with Crippen LogP contribution in [0.1, 0.15) is 61.1 Å². The highest BCUT2D eigenvalue weighted by Gasteiger charge is 2.32. The van der Waals surface area contributed by atoms with Gasteiger partial charge in [-0.2, -0.15) is 0 Å². The summed E-state index contributed by atoms with van der Waals surface area (Å²) in [6, 6.07) is 1.15. The van der Waals surface area contributed by atoms with Crippen LogP contribution in [-0.4, -0.2) is 40.6 Å². The van der Waals surface area contributed by atoms with E-state index in [2.05, 4.69) is 4.98 Å². The predicted octanol–water partition coefficient (Wildman–Crippen LogP) is 4.48. The summed E-state index contributed by atoms with van der Waals surface area (Å²) in [5.41, 5.74) is 6.34. The van der Waals surface area contributed by atoms with Crippen LogP contribution in [-0.2, 0) is 4.74 Å². The minimum absolute atomic E-state index is 0.0612. The van der Waals surface area contributed by atoms with Gasteiger partial charge in [-0.1, -0.05) is 11.6 Å². The molecular formula is C20H25ClFN3O3. The van der Waals surface area contributed by atoms with Crippen molar-refractivity contribution in [1.29, 1.82) is 0 Å². The maximum absolute atomic E-state index is 15.1. The van der Waals surface area contributed by atoms with E-state index in [0.29, 0.717) is 53.1 Å². The number of nitrogens with zero attached hydrogens (tertiary/aromatic N) is 1. The SMILES string of the molecule is Cc1[nH]c2c(C(N)=O)cc(F)c(C3CCCN(C(=O)OC(C)(C)C)C3)c2c1Cl. The van der Waals surface area contributed by atoms with Crippen LogP contribution in [0.15, 0.2) is 6.07 Å². The van der Waals surface area contributed by atoms with Crippen molar-refractivity contribution in [3.63, 3.8) is 0 Å². The maximum Gasteiger partial charge on any atom is 0.410 e. The number of H-pyrrole nitrogens is 1. The number of nitrogens with two attached hydrogens (primary N) is 1. The number of piperidine rings is 1. The first-order valence-electron chi connectivity index (χ1n) is 9.27. The molecule has 2 aromatic rings. The van der Waals surface area contributed by atoms with Crippen molar-refractivity contribution >= 4 is 34.5 Å². The summed E-state index contributed by atoms with van der Waals surface area (Å²) < 4.78 is 20.6. The molecule has 1 aromatic heterocycles. The van der Waals surface area contributed by atoms with Crippen LogP contribution >= 0.6 is 11.6 Å². The van der Waals surface area contributed by atoms with Crippen LogP contribution < -0.4 is 5.73 Å². The van der Waals surface area contributed by atoms with Gasteiger partial charge in [0.1, 0.15) is 11.4 Å². The highest BCUT2D eigenvalue weighted by molar-refractivity contribution is 6.37. The quantitative estimate of drug-likeness (QED) is 0.766. The molecule has 2 amide bonds. The van der Waals surface area contributed by atoms with E-state index in [0.717, 1.165) is 6.07 Å². The van der Waals surface area contributed by atoms with Gasteiger partial charge in [0.15, 0.2) is 0 Å². The normalized spacial score (nSPS) is 17.8. The van der Waals surface area contributed by atoms with E-state index in [9.17, 15) is 9.59 Å². The minimum Gasteiger partial charge on any atom is -0.444 e. The molecule has 1 aliphatic rings. The second-order valence-corrected chi connectivity index (χ2v) is 8.64. The lowest BCUT2D eigenvalue weighted by molar-refractivity contribution is 0.0197. The number of amides is 2. The number of likely N-dealkylation sites (tertiary alicyclic amines) is 1. The Morgan fingerprint density at radius 1 is 1.39 bits per heavy atom. The van der Waals surface area contributed by atoms with E-state index in [1.54, 1.807) is 32.6 Å². The number of hydrogen-bond donors (Lipinski definition) is 2. The van der Waals surface area contributed by atoms with Gasteiger partial charge in [0, 0.05) is 35.7 Å². The van der Waals surface area contributed by atoms with E-state index >= 15 is 4.39 Å². The summed E-state index contributed by atoms with van der Waals surface area (Å²) in [5, 5.41) is 0.824. The fraction of sp³-hybridized carbons (Fsp3) is 0.500. The monoisotopic (exact) mass is 409 g/mol. The first kappa shape index (κ1) is 20.5. The van der Waals surface area contributed by atoms with Crippen molar-refractivity contribution in [2.75, 3.05) is 13.1 Å². The first-order chi connectivity index (χ1) is 13.0. The van der Waals surface area contributed by atoms with Crippen LogP contribution in [0.3, 0.4) is 0 Å². The smallest absolute Gasteiger partial charge is 0.410 e. The topological polar surface area (TPSA) is 88.4 Å². The largest absolute Gasteiger partial charge is 0.444 e. The Balaban J connectivity index is 2.04. The van der Waals surface area contributed by atoms with Gasteiger partial charge in [0.25, 0.3) is 5.91 Å². The van der Waals surface area contributed by atoms with E-state index in [1.807, 2.05) is 0 Å². The molecular weight excluding hydrogens is 385 g/mol. The van der Waals surface area contributed by atoms with Crippen LogP contribution in [0, 0.1) is 12.7 Å². The summed E-state index contributed by atoms with van der Waals surface area (Å²) in [7, 11) is 0. The van der Waals surface area contributed by atoms with Gasteiger partial charge < -0.3 is 20.4 Å². The van der Waals surface area contributed by atoms with Gasteiger partial charge in [-0.05, 0) is 46.6 Å². The second-order valence-electron chi connectivity index (χ2n) is 8.26. The average molecular weight is 410 g/mol. The maximum atomic E-state index is 15.1. The zero-order chi connectivity index (χ0) is 20.8. The van der Waals surface area contributed by atoms with Gasteiger partial charge >= 0.3 is 6.09 Å². The molecule has 1 aromatic carbocycles. The minimum atomic E-state index is -0.729. The third-order valence-corrected chi connectivity index (χ3v) is 5.40. The Bertz CT molecular complexity index is 949. The molecule has 1 atom stereocenters. The molecule has 2 heterocycles. The zero-order valence-corrected chi connectivity index (χ0v) is 17.2. The number of rotatable bonds is 2. The number of aromatic nitrogens is 1. The van der Waals surface area contributed by atoms with E-state index < -0.39 is 23.4 Å². The van der Waals surface area contributed by atoms with Crippen LogP contribution in [0.4, 0.5) is 9.18 Å². The highest BCUT2D eigenvalue weighted by Crippen LogP contribution is 2.40. The Labute approximate surface area is 168 Å². The molecule has 1 fully saturated rings. The molecule has 0 radical (unpaired) electrons. The van der Waals surface area contributed by atoms with E-state index in [-0.39, 0.29) is 11.5 Å². The van der Waals surface area contributed by atoms with Crippen molar-refractivity contribution in [2.24, 2.45) is 5.73 Å². The molecule has 0 saturated carbocycles. The fourth-order valence-electron chi connectivity index (χ4n) is 3.75. The standard InChI is InChI=1S/C20H25ClFN3O3/c1-10-16(21)15-14(13(22)8-12(18(23)26)17(15)24-10)11-6-5-7-25(9-11)19(27)28-20(2,3)4/h8,11,24H,5-7,9H2,1-4H3,(H2,23,26). The zero-order valence-electron chi connectivity index (χ0n) is 16.5. The summed E-state index contributed by atoms with van der Waals surface area (Å²) in [5.74, 6) is -1.54. The third-order valence-electron chi connectivity index (χ3n) is 4.93. The van der Waals surface area contributed by atoms with Crippen LogP contribution in [0.5, 0.6) is 0 Å². The molecule has 152 valence electrons. The number of carbonyl (C=O) groups excluding carboxylic acids is 2. The molecule has 8 heteroatoms. The van der Waals surface area contributed by atoms with Gasteiger partial charge in [-0.15, -0.1) is 0 Å². The molecule has 0 spiro atoms. The van der Waals surface area contributed by atoms with Gasteiger partial charge in [-0.25, -0.2) is 9.18 Å². The lowest BCUT2D eigenvalue weighted by atomic mass is 9.87. The molecule has 28 heavy (non-hydrogen) atoms. The first-order valence-corrected chi connectivity index (χ1v) is 9.65. The number of halogens is 2. The molecule has 3 N–H and O–H groups in total. The van der Waals surface area contributed by atoms with Crippen LogP contribution in [0.25, 0.3) is 10.9 Å². The molecule has 0 bridgehead atoms. The summed E-state index contributed by atoms with van der Waals surface area (Å²) in [6.07, 6.45) is 0.990. The van der Waals surface area contributed by atoms with E-state index in [1.165, 1.54) is 0 Å². The van der Waals surface area contributed by atoms with Crippen molar-refractivity contribution in [2.45, 2.75) is 52.1 Å². The van der Waals surface area contributed by atoms with E-state index in [4.69, 9.17) is 22.1 Å².